The SMILES string of the molecule is Cc1cc(C)c(NC(=O)Cn2nc(C)c(N)c2C)c(Br)c1. The van der Waals surface area contributed by atoms with E-state index in [1.807, 2.05) is 39.8 Å². The zero-order valence-electron chi connectivity index (χ0n) is 12.6. The van der Waals surface area contributed by atoms with Crippen molar-refractivity contribution in [2.45, 2.75) is 34.2 Å². The number of hydrogen-bond donors (Lipinski definition) is 2. The van der Waals surface area contributed by atoms with Gasteiger partial charge >= 0.3 is 0 Å². The predicted molar refractivity (Wildman–Crippen MR) is 88.4 cm³/mol. The number of nitrogens with zero attached hydrogens (tertiary/aromatic N) is 2. The molecule has 0 saturated carbocycles. The van der Waals surface area contributed by atoms with Gasteiger partial charge in [0.2, 0.25) is 5.91 Å². The van der Waals surface area contributed by atoms with Gasteiger partial charge in [0.1, 0.15) is 6.54 Å². The number of anilines is 2. The van der Waals surface area contributed by atoms with E-state index in [0.29, 0.717) is 5.69 Å². The van der Waals surface area contributed by atoms with Crippen LogP contribution in [0.1, 0.15) is 22.5 Å². The normalized spacial score (nSPS) is 10.7. The van der Waals surface area contributed by atoms with E-state index in [1.54, 1.807) is 4.68 Å². The topological polar surface area (TPSA) is 72.9 Å². The van der Waals surface area contributed by atoms with E-state index < -0.39 is 0 Å². The molecule has 0 aliphatic heterocycles. The number of carbonyl (C=O) groups excluding carboxylic acids is 1. The lowest BCUT2D eigenvalue weighted by Crippen LogP contribution is -2.21. The number of rotatable bonds is 3. The van der Waals surface area contributed by atoms with Crippen molar-refractivity contribution in [1.29, 1.82) is 0 Å². The molecule has 0 aliphatic carbocycles. The van der Waals surface area contributed by atoms with Gasteiger partial charge in [0.25, 0.3) is 0 Å². The van der Waals surface area contributed by atoms with Crippen LogP contribution in [0, 0.1) is 27.7 Å². The Morgan fingerprint density at radius 2 is 2.00 bits per heavy atom. The molecule has 0 fully saturated rings. The molecule has 0 radical (unpaired) electrons. The Morgan fingerprint density at radius 3 is 2.52 bits per heavy atom. The van der Waals surface area contributed by atoms with Gasteiger partial charge in [0, 0.05) is 4.47 Å². The van der Waals surface area contributed by atoms with Gasteiger partial charge in [-0.1, -0.05) is 6.07 Å². The number of nitrogen functional groups attached to an aromatic ring is 1. The van der Waals surface area contributed by atoms with Crippen molar-refractivity contribution in [3.05, 3.63) is 39.1 Å². The molecule has 1 aromatic heterocycles. The molecule has 2 aromatic rings. The number of hydrogen-bond acceptors (Lipinski definition) is 3. The Labute approximate surface area is 132 Å². The number of amides is 1. The van der Waals surface area contributed by atoms with E-state index in [0.717, 1.165) is 32.7 Å². The van der Waals surface area contributed by atoms with Crippen LogP contribution in [0.5, 0.6) is 0 Å². The average Bonchev–Trinajstić information content (AvgIpc) is 2.61. The lowest BCUT2D eigenvalue weighted by molar-refractivity contribution is -0.116. The van der Waals surface area contributed by atoms with Crippen molar-refractivity contribution in [2.75, 3.05) is 11.1 Å². The highest BCUT2D eigenvalue weighted by Crippen LogP contribution is 2.27. The predicted octanol–water partition coefficient (Wildman–Crippen LogP) is 3.10. The molecule has 1 aromatic carbocycles. The highest BCUT2D eigenvalue weighted by molar-refractivity contribution is 9.10. The average molecular weight is 351 g/mol. The summed E-state index contributed by atoms with van der Waals surface area (Å²) in [6.45, 7) is 7.81. The fourth-order valence-electron chi connectivity index (χ4n) is 2.25. The van der Waals surface area contributed by atoms with Gasteiger partial charge in [-0.2, -0.15) is 5.10 Å². The zero-order valence-corrected chi connectivity index (χ0v) is 14.2. The van der Waals surface area contributed by atoms with Gasteiger partial charge in [0.15, 0.2) is 0 Å². The molecule has 21 heavy (non-hydrogen) atoms. The Kier molecular flexibility index (Phi) is 4.37. The molecule has 1 amide bonds. The van der Waals surface area contributed by atoms with Crippen LogP contribution in [-0.2, 0) is 11.3 Å². The first kappa shape index (κ1) is 15.6. The van der Waals surface area contributed by atoms with Crippen molar-refractivity contribution in [1.82, 2.24) is 9.78 Å². The lowest BCUT2D eigenvalue weighted by Gasteiger charge is -2.12. The molecule has 0 bridgehead atoms. The number of aromatic nitrogens is 2. The summed E-state index contributed by atoms with van der Waals surface area (Å²) < 4.78 is 2.50. The maximum atomic E-state index is 12.2. The summed E-state index contributed by atoms with van der Waals surface area (Å²) in [4.78, 5) is 12.2. The van der Waals surface area contributed by atoms with Crippen molar-refractivity contribution >= 4 is 33.2 Å². The summed E-state index contributed by atoms with van der Waals surface area (Å²) in [5.74, 6) is -0.131. The molecule has 0 aliphatic rings. The first-order chi connectivity index (χ1) is 9.79. The fourth-order valence-corrected chi connectivity index (χ4v) is 3.03. The highest BCUT2D eigenvalue weighted by atomic mass is 79.9. The Bertz CT molecular complexity index is 683. The van der Waals surface area contributed by atoms with Crippen LogP contribution in [0.4, 0.5) is 11.4 Å². The molecular weight excluding hydrogens is 332 g/mol. The van der Waals surface area contributed by atoms with E-state index >= 15 is 0 Å². The summed E-state index contributed by atoms with van der Waals surface area (Å²) in [6, 6.07) is 4.01. The van der Waals surface area contributed by atoms with Crippen molar-refractivity contribution in [2.24, 2.45) is 0 Å². The number of nitrogens with two attached hydrogens (primary N) is 1. The molecule has 0 saturated heterocycles. The number of aryl methyl sites for hydroxylation is 3. The molecule has 112 valence electrons. The minimum absolute atomic E-state index is 0.131. The third-order valence-electron chi connectivity index (χ3n) is 3.43. The first-order valence-corrected chi connectivity index (χ1v) is 7.45. The van der Waals surface area contributed by atoms with Crippen LogP contribution in [-0.4, -0.2) is 15.7 Å². The van der Waals surface area contributed by atoms with Crippen LogP contribution in [0.15, 0.2) is 16.6 Å². The molecular formula is C15H19BrN4O. The summed E-state index contributed by atoms with van der Waals surface area (Å²) in [5, 5.41) is 7.19. The number of carbonyl (C=O) groups is 1. The smallest absolute Gasteiger partial charge is 0.246 e. The minimum atomic E-state index is -0.131. The van der Waals surface area contributed by atoms with Gasteiger partial charge < -0.3 is 11.1 Å². The molecule has 0 atom stereocenters. The minimum Gasteiger partial charge on any atom is -0.396 e. The standard InChI is InChI=1S/C15H19BrN4O/c1-8-5-9(2)15(12(16)6-8)18-13(21)7-20-11(4)14(17)10(3)19-20/h5-6H,7,17H2,1-4H3,(H,18,21). The second kappa shape index (κ2) is 5.89. The number of benzene rings is 1. The van der Waals surface area contributed by atoms with E-state index in [9.17, 15) is 4.79 Å². The maximum Gasteiger partial charge on any atom is 0.246 e. The van der Waals surface area contributed by atoms with Gasteiger partial charge in [-0.25, -0.2) is 0 Å². The molecule has 2 rings (SSSR count). The summed E-state index contributed by atoms with van der Waals surface area (Å²) in [5.41, 5.74) is 11.0. The Balaban J connectivity index is 2.17. The Hall–Kier alpha value is -1.82. The largest absolute Gasteiger partial charge is 0.396 e. The van der Waals surface area contributed by atoms with Crippen molar-refractivity contribution in [3.63, 3.8) is 0 Å². The third kappa shape index (κ3) is 3.26. The van der Waals surface area contributed by atoms with Gasteiger partial charge in [0.05, 0.1) is 22.8 Å². The van der Waals surface area contributed by atoms with E-state index in [4.69, 9.17) is 5.73 Å². The van der Waals surface area contributed by atoms with Crippen LogP contribution in [0.25, 0.3) is 0 Å². The highest BCUT2D eigenvalue weighted by Gasteiger charge is 2.13. The summed E-state index contributed by atoms with van der Waals surface area (Å²) >= 11 is 3.48. The van der Waals surface area contributed by atoms with Crippen LogP contribution in [0.2, 0.25) is 0 Å². The molecule has 1 heterocycles. The van der Waals surface area contributed by atoms with Gasteiger partial charge in [-0.05, 0) is 60.8 Å². The van der Waals surface area contributed by atoms with Crippen LogP contribution < -0.4 is 11.1 Å². The monoisotopic (exact) mass is 350 g/mol. The second-order valence-corrected chi connectivity index (χ2v) is 6.08. The molecule has 0 unspecified atom stereocenters. The molecule has 5 nitrogen and oxygen atoms in total. The maximum absolute atomic E-state index is 12.2. The van der Waals surface area contributed by atoms with Crippen molar-refractivity contribution in [3.8, 4) is 0 Å². The van der Waals surface area contributed by atoms with E-state index in [-0.39, 0.29) is 12.5 Å². The molecule has 0 spiro atoms. The van der Waals surface area contributed by atoms with E-state index in [2.05, 4.69) is 26.3 Å². The summed E-state index contributed by atoms with van der Waals surface area (Å²) in [7, 11) is 0. The van der Waals surface area contributed by atoms with Gasteiger partial charge in [-0.3, -0.25) is 9.48 Å². The molecule has 3 N–H and O–H groups in total. The lowest BCUT2D eigenvalue weighted by atomic mass is 10.1. The fraction of sp³-hybridized carbons (Fsp3) is 0.333. The van der Waals surface area contributed by atoms with Crippen LogP contribution >= 0.6 is 15.9 Å². The number of nitrogens with one attached hydrogen (secondary N) is 1. The quantitative estimate of drug-likeness (QED) is 0.893. The zero-order chi connectivity index (χ0) is 15.7. The van der Waals surface area contributed by atoms with Crippen LogP contribution in [0.3, 0.4) is 0 Å². The van der Waals surface area contributed by atoms with Crippen molar-refractivity contribution < 1.29 is 4.79 Å². The first-order valence-electron chi connectivity index (χ1n) is 6.65. The molecule has 6 heteroatoms. The number of halogens is 1. The Morgan fingerprint density at radius 1 is 1.33 bits per heavy atom. The third-order valence-corrected chi connectivity index (χ3v) is 4.05. The van der Waals surface area contributed by atoms with E-state index in [1.165, 1.54) is 0 Å². The second-order valence-electron chi connectivity index (χ2n) is 5.23. The summed E-state index contributed by atoms with van der Waals surface area (Å²) in [6.07, 6.45) is 0. The van der Waals surface area contributed by atoms with Gasteiger partial charge in [-0.15, -0.1) is 0 Å².